The molecule has 1 heterocycles. The molecule has 17 heavy (non-hydrogen) atoms. The Morgan fingerprint density at radius 3 is 2.88 bits per heavy atom. The molecule has 1 N–H and O–H groups in total. The fourth-order valence-corrected chi connectivity index (χ4v) is 2.33. The normalized spacial score (nSPS) is 23.7. The quantitative estimate of drug-likeness (QED) is 0.794. The van der Waals surface area contributed by atoms with E-state index in [1.807, 2.05) is 6.07 Å². The lowest BCUT2D eigenvalue weighted by Crippen LogP contribution is -2.23. The molecule has 4 heteroatoms. The highest BCUT2D eigenvalue weighted by molar-refractivity contribution is 5.74. The van der Waals surface area contributed by atoms with Gasteiger partial charge in [-0.25, -0.2) is 4.39 Å². The summed E-state index contributed by atoms with van der Waals surface area (Å²) in [4.78, 5) is 11.6. The van der Waals surface area contributed by atoms with E-state index in [0.29, 0.717) is 12.1 Å². The zero-order valence-corrected chi connectivity index (χ0v) is 10.00. The van der Waals surface area contributed by atoms with E-state index < -0.39 is 0 Å². The van der Waals surface area contributed by atoms with E-state index in [1.165, 1.54) is 13.2 Å². The van der Waals surface area contributed by atoms with Gasteiger partial charge >= 0.3 is 5.97 Å². The number of hydrogen-bond acceptors (Lipinski definition) is 3. The summed E-state index contributed by atoms with van der Waals surface area (Å²) in [6, 6.07) is 5.01. The fourth-order valence-electron chi connectivity index (χ4n) is 2.33. The van der Waals surface area contributed by atoms with Crippen LogP contribution >= 0.6 is 0 Å². The van der Waals surface area contributed by atoms with E-state index in [2.05, 4.69) is 5.32 Å². The molecule has 2 unspecified atom stereocenters. The lowest BCUT2D eigenvalue weighted by Gasteiger charge is -2.17. The van der Waals surface area contributed by atoms with Gasteiger partial charge in [-0.1, -0.05) is 12.1 Å². The largest absolute Gasteiger partial charge is 0.469 e. The Morgan fingerprint density at radius 1 is 1.47 bits per heavy atom. The van der Waals surface area contributed by atoms with Crippen LogP contribution in [-0.2, 0) is 9.53 Å². The molecule has 3 nitrogen and oxygen atoms in total. The first-order valence-electron chi connectivity index (χ1n) is 5.68. The zero-order valence-electron chi connectivity index (χ0n) is 10.00. The monoisotopic (exact) mass is 237 g/mol. The molecule has 1 aromatic rings. The molecule has 1 saturated heterocycles. The second kappa shape index (κ2) is 4.84. The first kappa shape index (κ1) is 12.0. The average molecular weight is 237 g/mol. The smallest absolute Gasteiger partial charge is 0.310 e. The molecule has 92 valence electrons. The minimum absolute atomic E-state index is 0.0711. The lowest BCUT2D eigenvalue weighted by atomic mass is 9.88. The van der Waals surface area contributed by atoms with E-state index in [9.17, 15) is 9.18 Å². The zero-order chi connectivity index (χ0) is 12.4. The van der Waals surface area contributed by atoms with E-state index >= 15 is 0 Å². The number of ether oxygens (including phenoxy) is 1. The van der Waals surface area contributed by atoms with Crippen molar-refractivity contribution in [3.05, 3.63) is 35.1 Å². The fraction of sp³-hybridized carbons (Fsp3) is 0.462. The third kappa shape index (κ3) is 2.31. The maximum absolute atomic E-state index is 13.2. The molecule has 1 aliphatic rings. The van der Waals surface area contributed by atoms with E-state index in [-0.39, 0.29) is 23.6 Å². The minimum atomic E-state index is -0.214. The molecule has 0 spiro atoms. The van der Waals surface area contributed by atoms with Crippen LogP contribution in [0.25, 0.3) is 0 Å². The highest BCUT2D eigenvalue weighted by atomic mass is 19.1. The lowest BCUT2D eigenvalue weighted by molar-refractivity contribution is -0.145. The van der Waals surface area contributed by atoms with Gasteiger partial charge in [-0.15, -0.1) is 0 Å². The van der Waals surface area contributed by atoms with Crippen LogP contribution in [0.5, 0.6) is 0 Å². The molecule has 2 atom stereocenters. The van der Waals surface area contributed by atoms with Crippen molar-refractivity contribution in [2.45, 2.75) is 12.8 Å². The highest BCUT2D eigenvalue weighted by Gasteiger charge is 2.34. The predicted molar refractivity (Wildman–Crippen MR) is 62.3 cm³/mol. The van der Waals surface area contributed by atoms with E-state index in [4.69, 9.17) is 4.74 Å². The minimum Gasteiger partial charge on any atom is -0.469 e. The summed E-state index contributed by atoms with van der Waals surface area (Å²) in [5.41, 5.74) is 1.60. The standard InChI is InChI=1S/C13H16FNO2/c1-8-5-9(3-4-12(8)14)10-6-15-7-11(10)13(16)17-2/h3-5,10-11,15H,6-7H2,1-2H3. The Kier molecular flexibility index (Phi) is 3.43. The molecule has 2 rings (SSSR count). The van der Waals surface area contributed by atoms with Crippen molar-refractivity contribution in [3.8, 4) is 0 Å². The van der Waals surface area contributed by atoms with Gasteiger partial charge in [-0.05, 0) is 24.1 Å². The number of aryl methyl sites for hydroxylation is 1. The van der Waals surface area contributed by atoms with Gasteiger partial charge in [0.2, 0.25) is 0 Å². The molecule has 0 amide bonds. The molecule has 1 aromatic carbocycles. The van der Waals surface area contributed by atoms with Crippen LogP contribution in [0.4, 0.5) is 4.39 Å². The number of benzene rings is 1. The third-order valence-electron chi connectivity index (χ3n) is 3.33. The summed E-state index contributed by atoms with van der Waals surface area (Å²) in [6.07, 6.45) is 0. The van der Waals surface area contributed by atoms with Gasteiger partial charge in [-0.2, -0.15) is 0 Å². The average Bonchev–Trinajstić information content (AvgIpc) is 2.80. The number of nitrogens with one attached hydrogen (secondary N) is 1. The Hall–Kier alpha value is -1.42. The van der Waals surface area contributed by atoms with Crippen molar-refractivity contribution in [2.24, 2.45) is 5.92 Å². The molecule has 0 aliphatic carbocycles. The number of carbonyl (C=O) groups is 1. The molecule has 1 aliphatic heterocycles. The van der Waals surface area contributed by atoms with Crippen molar-refractivity contribution < 1.29 is 13.9 Å². The Morgan fingerprint density at radius 2 is 2.24 bits per heavy atom. The van der Waals surface area contributed by atoms with Crippen LogP contribution in [0.3, 0.4) is 0 Å². The van der Waals surface area contributed by atoms with Gasteiger partial charge < -0.3 is 10.1 Å². The van der Waals surface area contributed by atoms with Gasteiger partial charge in [0.1, 0.15) is 5.82 Å². The predicted octanol–water partition coefficient (Wildman–Crippen LogP) is 1.61. The number of esters is 1. The van der Waals surface area contributed by atoms with Crippen molar-refractivity contribution in [1.82, 2.24) is 5.32 Å². The van der Waals surface area contributed by atoms with Gasteiger partial charge in [0, 0.05) is 19.0 Å². The third-order valence-corrected chi connectivity index (χ3v) is 3.33. The summed E-state index contributed by atoms with van der Waals surface area (Å²) in [5, 5.41) is 3.18. The summed E-state index contributed by atoms with van der Waals surface area (Å²) >= 11 is 0. The van der Waals surface area contributed by atoms with Crippen LogP contribution in [0.2, 0.25) is 0 Å². The molecule has 1 fully saturated rings. The second-order valence-electron chi connectivity index (χ2n) is 4.40. The van der Waals surface area contributed by atoms with Gasteiger partial charge in [0.25, 0.3) is 0 Å². The summed E-state index contributed by atoms with van der Waals surface area (Å²) in [5.74, 6) is -0.525. The SMILES string of the molecule is COC(=O)C1CNCC1c1ccc(F)c(C)c1. The maximum atomic E-state index is 13.2. The first-order valence-corrected chi connectivity index (χ1v) is 5.68. The number of carbonyl (C=O) groups excluding carboxylic acids is 1. The number of halogens is 1. The summed E-state index contributed by atoms with van der Waals surface area (Å²) < 4.78 is 18.0. The molecular weight excluding hydrogens is 221 g/mol. The van der Waals surface area contributed by atoms with Gasteiger partial charge in [0.15, 0.2) is 0 Å². The van der Waals surface area contributed by atoms with Crippen molar-refractivity contribution in [2.75, 3.05) is 20.2 Å². The summed E-state index contributed by atoms with van der Waals surface area (Å²) in [7, 11) is 1.40. The maximum Gasteiger partial charge on any atom is 0.310 e. The highest BCUT2D eigenvalue weighted by Crippen LogP contribution is 2.29. The van der Waals surface area contributed by atoms with Crippen LogP contribution in [0, 0.1) is 18.7 Å². The molecule has 0 aromatic heterocycles. The Bertz CT molecular complexity index is 433. The number of rotatable bonds is 2. The first-order chi connectivity index (χ1) is 8.13. The Balaban J connectivity index is 2.26. The molecule has 0 saturated carbocycles. The molecule has 0 bridgehead atoms. The van der Waals surface area contributed by atoms with E-state index in [1.54, 1.807) is 13.0 Å². The van der Waals surface area contributed by atoms with Crippen molar-refractivity contribution in [1.29, 1.82) is 0 Å². The van der Waals surface area contributed by atoms with Crippen LogP contribution in [0.15, 0.2) is 18.2 Å². The summed E-state index contributed by atoms with van der Waals surface area (Å²) in [6.45, 7) is 3.08. The molecule has 0 radical (unpaired) electrons. The second-order valence-corrected chi connectivity index (χ2v) is 4.40. The van der Waals surface area contributed by atoms with E-state index in [0.717, 1.165) is 12.1 Å². The number of methoxy groups -OCH3 is 1. The van der Waals surface area contributed by atoms with Crippen molar-refractivity contribution >= 4 is 5.97 Å². The van der Waals surface area contributed by atoms with Crippen molar-refractivity contribution in [3.63, 3.8) is 0 Å². The topological polar surface area (TPSA) is 38.3 Å². The van der Waals surface area contributed by atoms with Gasteiger partial charge in [0.05, 0.1) is 13.0 Å². The molecular formula is C13H16FNO2. The van der Waals surface area contributed by atoms with Crippen LogP contribution < -0.4 is 5.32 Å². The van der Waals surface area contributed by atoms with Crippen LogP contribution in [-0.4, -0.2) is 26.2 Å². The van der Waals surface area contributed by atoms with Crippen LogP contribution in [0.1, 0.15) is 17.0 Å². The number of hydrogen-bond donors (Lipinski definition) is 1. The Labute approximate surface area is 100.0 Å². The van der Waals surface area contributed by atoms with Gasteiger partial charge in [-0.3, -0.25) is 4.79 Å².